The molecule has 13 heteroatoms. The number of nitrogens with one attached hydrogen (secondary N) is 2. The normalized spacial score (nSPS) is 14.6. The smallest absolute Gasteiger partial charge is 0.268 e. The zero-order valence-corrected chi connectivity index (χ0v) is 39.8. The van der Waals surface area contributed by atoms with Gasteiger partial charge < -0.3 is 28.8 Å². The predicted octanol–water partition coefficient (Wildman–Crippen LogP) is 10.3. The topological polar surface area (TPSA) is 154 Å². The van der Waals surface area contributed by atoms with E-state index in [2.05, 4.69) is 35.2 Å². The third-order valence-corrected chi connectivity index (χ3v) is 14.1. The van der Waals surface area contributed by atoms with Crippen LogP contribution in [0.1, 0.15) is 135 Å². The fourth-order valence-electron chi connectivity index (χ4n) is 7.96. The minimum absolute atomic E-state index is 0.0368. The second-order valence-electron chi connectivity index (χ2n) is 18.0. The highest BCUT2D eigenvalue weighted by atomic mass is 32.2. The number of benzene rings is 4. The van der Waals surface area contributed by atoms with Gasteiger partial charge >= 0.3 is 0 Å². The SMILES string of the molecule is CCCCCCCCCCCCC/C=C/[C@@H](O)[C@H](COP(=O)([O-])OCC[N+](C)(C)C)NC(=O)CCCCCCCCCNS(=O)(=O)c1ccc2ccc3cccc4ccc1c2c34. The maximum Gasteiger partial charge on any atom is 0.268 e. The second-order valence-corrected chi connectivity index (χ2v) is 21.2. The van der Waals surface area contributed by atoms with Gasteiger partial charge in [-0.25, -0.2) is 13.1 Å². The van der Waals surface area contributed by atoms with Gasteiger partial charge in [-0.1, -0.05) is 164 Å². The number of aliphatic hydroxyl groups is 1. The number of carbonyl (C=O) groups is 1. The molecule has 0 spiro atoms. The van der Waals surface area contributed by atoms with Crippen molar-refractivity contribution in [3.8, 4) is 0 Å². The van der Waals surface area contributed by atoms with Gasteiger partial charge in [0.2, 0.25) is 15.9 Å². The lowest BCUT2D eigenvalue weighted by Gasteiger charge is -2.29. The lowest BCUT2D eigenvalue weighted by Crippen LogP contribution is -2.45. The van der Waals surface area contributed by atoms with Gasteiger partial charge in [0.1, 0.15) is 13.2 Å². The zero-order valence-electron chi connectivity index (χ0n) is 38.1. The molecule has 4 rings (SSSR count). The van der Waals surface area contributed by atoms with E-state index in [0.29, 0.717) is 28.9 Å². The lowest BCUT2D eigenvalue weighted by molar-refractivity contribution is -0.870. The molecule has 0 aliphatic heterocycles. The van der Waals surface area contributed by atoms with Crippen LogP contribution in [-0.2, 0) is 28.4 Å². The molecule has 0 radical (unpaired) electrons. The number of rotatable bonds is 34. The number of phosphoric ester groups is 1. The molecular formula is C49H76N3O8PS. The molecule has 3 atom stereocenters. The van der Waals surface area contributed by atoms with Crippen LogP contribution in [0.3, 0.4) is 0 Å². The number of sulfonamides is 1. The van der Waals surface area contributed by atoms with Gasteiger partial charge in [-0.2, -0.15) is 0 Å². The standard InChI is InChI=1S/C49H76N3O8PS/c1-5-6-7-8-9-10-11-12-13-14-16-19-22-28-45(53)44(39-60-61(55,56)59-38-37-52(2,3)4)51-47(54)29-23-20-17-15-18-21-24-36-50-62(57,58)46-35-33-42-31-30-40-26-25-27-41-32-34-43(46)49(42)48(40)41/h22,25-28,30-35,44-45,50,53H,5-21,23-24,29,36-39H2,1-4H3,(H-,51,54,55,56)/b28-22+/t44-,45+/m0/s1. The molecule has 4 aromatic carbocycles. The van der Waals surface area contributed by atoms with Crippen molar-refractivity contribution in [3.05, 3.63) is 66.7 Å². The maximum atomic E-state index is 13.4. The summed E-state index contributed by atoms with van der Waals surface area (Å²) in [5.74, 6) is -0.278. The molecule has 0 heterocycles. The van der Waals surface area contributed by atoms with Crippen LogP contribution in [0, 0.1) is 0 Å². The number of quaternary nitrogens is 1. The number of amides is 1. The summed E-state index contributed by atoms with van der Waals surface area (Å²) in [6.07, 6.45) is 23.2. The monoisotopic (exact) mass is 898 g/mol. The van der Waals surface area contributed by atoms with E-state index in [-0.39, 0.29) is 18.9 Å². The van der Waals surface area contributed by atoms with Gasteiger partial charge in [0.05, 0.1) is 44.8 Å². The van der Waals surface area contributed by atoms with Gasteiger partial charge in [-0.05, 0) is 58.7 Å². The summed E-state index contributed by atoms with van der Waals surface area (Å²) in [6, 6.07) is 16.8. The number of aliphatic hydroxyl groups excluding tert-OH is 1. The summed E-state index contributed by atoms with van der Waals surface area (Å²) < 4.78 is 52.9. The molecule has 0 aliphatic rings. The minimum atomic E-state index is -4.64. The number of carbonyl (C=O) groups excluding carboxylic acids is 1. The van der Waals surface area contributed by atoms with Crippen LogP contribution in [0.25, 0.3) is 32.3 Å². The Morgan fingerprint density at radius 2 is 1.31 bits per heavy atom. The van der Waals surface area contributed by atoms with E-state index in [1.54, 1.807) is 12.1 Å². The number of unbranched alkanes of at least 4 members (excludes halogenated alkanes) is 17. The molecule has 11 nitrogen and oxygen atoms in total. The van der Waals surface area contributed by atoms with E-state index in [0.717, 1.165) is 90.1 Å². The summed E-state index contributed by atoms with van der Waals surface area (Å²) in [5, 5.41) is 19.8. The molecule has 3 N–H and O–H groups in total. The van der Waals surface area contributed by atoms with E-state index in [1.807, 2.05) is 57.6 Å². The van der Waals surface area contributed by atoms with E-state index in [4.69, 9.17) is 9.05 Å². The van der Waals surface area contributed by atoms with Gasteiger partial charge in [0, 0.05) is 18.4 Å². The molecule has 1 amide bonds. The van der Waals surface area contributed by atoms with Crippen LogP contribution < -0.4 is 14.9 Å². The van der Waals surface area contributed by atoms with Crippen molar-refractivity contribution in [2.45, 2.75) is 152 Å². The Balaban J connectivity index is 1.13. The van der Waals surface area contributed by atoms with Gasteiger partial charge in [0.15, 0.2) is 0 Å². The molecule has 0 aromatic heterocycles. The third kappa shape index (κ3) is 18.3. The fourth-order valence-corrected chi connectivity index (χ4v) is 9.96. The van der Waals surface area contributed by atoms with Crippen LogP contribution in [0.5, 0.6) is 0 Å². The summed E-state index contributed by atoms with van der Waals surface area (Å²) in [5.41, 5.74) is 0. The fraction of sp³-hybridized carbons (Fsp3) is 0.612. The number of hydrogen-bond acceptors (Lipinski definition) is 8. The van der Waals surface area contributed by atoms with Gasteiger partial charge in [0.25, 0.3) is 7.82 Å². The number of hydrogen-bond donors (Lipinski definition) is 3. The molecule has 0 bridgehead atoms. The van der Waals surface area contributed by atoms with Gasteiger partial charge in [-0.15, -0.1) is 0 Å². The average Bonchev–Trinajstić information content (AvgIpc) is 3.23. The molecular weight excluding hydrogens is 822 g/mol. The Bertz CT molecular complexity index is 2090. The first-order valence-electron chi connectivity index (χ1n) is 23.4. The Hall–Kier alpha value is -2.93. The summed E-state index contributed by atoms with van der Waals surface area (Å²) in [7, 11) is -2.56. The number of allylic oxidation sites excluding steroid dienone is 1. The Morgan fingerprint density at radius 3 is 1.94 bits per heavy atom. The molecule has 346 valence electrons. The molecule has 1 unspecified atom stereocenters. The molecule has 62 heavy (non-hydrogen) atoms. The molecule has 0 saturated carbocycles. The highest BCUT2D eigenvalue weighted by molar-refractivity contribution is 7.89. The predicted molar refractivity (Wildman–Crippen MR) is 253 cm³/mol. The zero-order chi connectivity index (χ0) is 44.9. The summed E-state index contributed by atoms with van der Waals surface area (Å²) >= 11 is 0. The third-order valence-electron chi connectivity index (χ3n) is 11.6. The number of phosphoric acid groups is 1. The largest absolute Gasteiger partial charge is 0.756 e. The van der Waals surface area contributed by atoms with E-state index in [9.17, 15) is 27.8 Å². The van der Waals surface area contributed by atoms with Crippen molar-refractivity contribution in [2.24, 2.45) is 0 Å². The quantitative estimate of drug-likeness (QED) is 0.0138. The van der Waals surface area contributed by atoms with Crippen LogP contribution in [0.4, 0.5) is 0 Å². The number of likely N-dealkylation sites (N-methyl/N-ethyl adjacent to an activating group) is 1. The minimum Gasteiger partial charge on any atom is -0.756 e. The average molecular weight is 898 g/mol. The Labute approximate surface area is 372 Å². The highest BCUT2D eigenvalue weighted by Gasteiger charge is 2.23. The van der Waals surface area contributed by atoms with Crippen LogP contribution in [0.15, 0.2) is 71.6 Å². The van der Waals surface area contributed by atoms with Crippen LogP contribution >= 0.6 is 7.82 Å². The lowest BCUT2D eigenvalue weighted by atomic mass is 9.94. The van der Waals surface area contributed by atoms with Gasteiger partial charge in [-0.3, -0.25) is 9.36 Å². The Morgan fingerprint density at radius 1 is 0.758 bits per heavy atom. The second kappa shape index (κ2) is 26.8. The van der Waals surface area contributed by atoms with Crippen molar-refractivity contribution in [3.63, 3.8) is 0 Å². The molecule has 0 saturated heterocycles. The first-order chi connectivity index (χ1) is 29.7. The molecule has 4 aromatic rings. The van der Waals surface area contributed by atoms with E-state index >= 15 is 0 Å². The molecule has 0 aliphatic carbocycles. The Kier molecular flexibility index (Phi) is 22.3. The van der Waals surface area contributed by atoms with Crippen molar-refractivity contribution in [2.75, 3.05) is 47.4 Å². The van der Waals surface area contributed by atoms with Crippen molar-refractivity contribution >= 4 is 56.1 Å². The summed E-state index contributed by atoms with van der Waals surface area (Å²) in [6.45, 7) is 2.59. The van der Waals surface area contributed by atoms with E-state index in [1.165, 1.54) is 57.8 Å². The van der Waals surface area contributed by atoms with E-state index < -0.39 is 36.6 Å². The molecule has 0 fully saturated rings. The number of nitrogens with zero attached hydrogens (tertiary/aromatic N) is 1. The van der Waals surface area contributed by atoms with Crippen LogP contribution in [-0.4, -0.2) is 83.5 Å². The van der Waals surface area contributed by atoms with Crippen molar-refractivity contribution in [1.82, 2.24) is 10.0 Å². The van der Waals surface area contributed by atoms with Crippen molar-refractivity contribution in [1.29, 1.82) is 0 Å². The van der Waals surface area contributed by atoms with Crippen LogP contribution in [0.2, 0.25) is 0 Å². The van der Waals surface area contributed by atoms with Crippen molar-refractivity contribution < 1.29 is 41.3 Å². The highest BCUT2D eigenvalue weighted by Crippen LogP contribution is 2.39. The maximum absolute atomic E-state index is 13.4. The first-order valence-corrected chi connectivity index (χ1v) is 26.4. The summed E-state index contributed by atoms with van der Waals surface area (Å²) in [4.78, 5) is 25.8. The first kappa shape index (κ1) is 51.7.